The SMILES string of the molecule is O=S(=O)(O)c1cc([AsH2])ccc1/C=C/c1ccc([AsH2])cc1S(=O)(=O)O. The first-order valence-electron chi connectivity index (χ1n) is 6.40. The van der Waals surface area contributed by atoms with Gasteiger partial charge in [-0.1, -0.05) is 0 Å². The predicted molar refractivity (Wildman–Crippen MR) is 97.8 cm³/mol. The molecule has 0 radical (unpaired) electrons. The zero-order valence-corrected chi connectivity index (χ0v) is 18.6. The molecule has 128 valence electrons. The van der Waals surface area contributed by atoms with E-state index in [1.807, 2.05) is 0 Å². The van der Waals surface area contributed by atoms with Gasteiger partial charge in [0.05, 0.1) is 0 Å². The van der Waals surface area contributed by atoms with E-state index in [1.165, 1.54) is 70.1 Å². The van der Waals surface area contributed by atoms with Crippen LogP contribution in [-0.4, -0.2) is 59.6 Å². The van der Waals surface area contributed by atoms with Gasteiger partial charge in [-0.25, -0.2) is 0 Å². The van der Waals surface area contributed by atoms with Crippen LogP contribution in [0, 0.1) is 0 Å². The molecule has 10 heteroatoms. The van der Waals surface area contributed by atoms with Crippen molar-refractivity contribution in [2.45, 2.75) is 9.79 Å². The van der Waals surface area contributed by atoms with Gasteiger partial charge in [0.15, 0.2) is 0 Å². The molecule has 0 bridgehead atoms. The Morgan fingerprint density at radius 1 is 0.708 bits per heavy atom. The number of rotatable bonds is 4. The summed E-state index contributed by atoms with van der Waals surface area (Å²) in [7, 11) is -8.82. The van der Waals surface area contributed by atoms with Crippen molar-refractivity contribution < 1.29 is 25.9 Å². The summed E-state index contributed by atoms with van der Waals surface area (Å²) < 4.78 is 66.0. The van der Waals surface area contributed by atoms with Gasteiger partial charge in [0.1, 0.15) is 0 Å². The Bertz CT molecular complexity index is 944. The van der Waals surface area contributed by atoms with Crippen LogP contribution in [0.2, 0.25) is 0 Å². The molecule has 24 heavy (non-hydrogen) atoms. The fraction of sp³-hybridized carbons (Fsp3) is 0. The molecule has 0 fully saturated rings. The van der Waals surface area contributed by atoms with Gasteiger partial charge in [-0.05, 0) is 0 Å². The molecule has 0 aliphatic rings. The average Bonchev–Trinajstić information content (AvgIpc) is 2.45. The van der Waals surface area contributed by atoms with Crippen LogP contribution in [-0.2, 0) is 20.2 Å². The van der Waals surface area contributed by atoms with Gasteiger partial charge in [-0.3, -0.25) is 0 Å². The van der Waals surface area contributed by atoms with Crippen molar-refractivity contribution in [1.82, 2.24) is 0 Å². The third-order valence-corrected chi connectivity index (χ3v) is 6.40. The van der Waals surface area contributed by atoms with Gasteiger partial charge in [0.25, 0.3) is 0 Å². The first-order valence-corrected chi connectivity index (χ1v) is 11.7. The molecule has 0 spiro atoms. The van der Waals surface area contributed by atoms with E-state index in [1.54, 1.807) is 12.1 Å². The van der Waals surface area contributed by atoms with Crippen molar-refractivity contribution in [1.29, 1.82) is 0 Å². The van der Waals surface area contributed by atoms with E-state index in [4.69, 9.17) is 0 Å². The maximum atomic E-state index is 11.5. The fourth-order valence-electron chi connectivity index (χ4n) is 2.00. The Hall–Kier alpha value is -0.883. The molecule has 0 aliphatic carbocycles. The summed E-state index contributed by atoms with van der Waals surface area (Å²) in [6.45, 7) is 0. The van der Waals surface area contributed by atoms with Gasteiger partial charge in [-0.2, -0.15) is 0 Å². The number of benzene rings is 2. The van der Waals surface area contributed by atoms with Gasteiger partial charge < -0.3 is 0 Å². The molecule has 0 aromatic heterocycles. The third kappa shape index (κ3) is 4.82. The van der Waals surface area contributed by atoms with Crippen molar-refractivity contribution in [2.75, 3.05) is 0 Å². The molecule has 2 unspecified atom stereocenters. The first-order chi connectivity index (χ1) is 11.0. The minimum absolute atomic E-state index is 0.213. The topological polar surface area (TPSA) is 109 Å². The van der Waals surface area contributed by atoms with E-state index in [-0.39, 0.29) is 20.9 Å². The van der Waals surface area contributed by atoms with Crippen molar-refractivity contribution in [3.05, 3.63) is 47.5 Å². The molecule has 0 amide bonds. The van der Waals surface area contributed by atoms with Gasteiger partial charge in [0, 0.05) is 0 Å². The van der Waals surface area contributed by atoms with Crippen molar-refractivity contribution in [3.8, 4) is 0 Å². The summed E-state index contributed by atoms with van der Waals surface area (Å²) in [6.07, 6.45) is 2.75. The normalized spacial score (nSPS) is 12.7. The van der Waals surface area contributed by atoms with Gasteiger partial charge in [-0.15, -0.1) is 0 Å². The summed E-state index contributed by atoms with van der Waals surface area (Å²) in [5.74, 6) is 0. The molecule has 2 N–H and O–H groups in total. The van der Waals surface area contributed by atoms with Crippen molar-refractivity contribution in [2.24, 2.45) is 0 Å². The van der Waals surface area contributed by atoms with E-state index in [9.17, 15) is 25.9 Å². The van der Waals surface area contributed by atoms with Crippen LogP contribution in [0.3, 0.4) is 0 Å². The molecule has 0 saturated carbocycles. The monoisotopic (exact) mass is 492 g/mol. The Labute approximate surface area is 157 Å². The van der Waals surface area contributed by atoms with E-state index >= 15 is 0 Å². The van der Waals surface area contributed by atoms with Crippen LogP contribution < -0.4 is 8.70 Å². The van der Waals surface area contributed by atoms with Gasteiger partial charge >= 0.3 is 158 Å². The molecule has 0 aliphatic heterocycles. The second-order valence-electron chi connectivity index (χ2n) is 4.88. The molecule has 6 nitrogen and oxygen atoms in total. The molecule has 2 rings (SSSR count). The van der Waals surface area contributed by atoms with E-state index in [2.05, 4.69) is 0 Å². The first kappa shape index (κ1) is 19.4. The molecular weight excluding hydrogens is 478 g/mol. The summed E-state index contributed by atoms with van der Waals surface area (Å²) in [5, 5.41) is 0. The van der Waals surface area contributed by atoms with E-state index in [0.29, 0.717) is 8.70 Å². The second kappa shape index (κ2) is 7.16. The summed E-state index contributed by atoms with van der Waals surface area (Å²) >= 11 is 2.40. The Morgan fingerprint density at radius 3 is 1.33 bits per heavy atom. The second-order valence-corrected chi connectivity index (χ2v) is 10.5. The fourth-order valence-corrected chi connectivity index (χ4v) is 5.05. The molecule has 2 aromatic rings. The molecule has 2 atom stereocenters. The Balaban J connectivity index is 2.59. The summed E-state index contributed by atoms with van der Waals surface area (Å²) in [6, 6.07) is 9.10. The molecular formula is C14H14As2O6S2. The summed E-state index contributed by atoms with van der Waals surface area (Å²) in [5.41, 5.74) is 0.426. The average molecular weight is 492 g/mol. The Kier molecular flexibility index (Phi) is 5.80. The van der Waals surface area contributed by atoms with Crippen LogP contribution in [0.4, 0.5) is 0 Å². The van der Waals surface area contributed by atoms with Crippen LogP contribution in [0.15, 0.2) is 46.2 Å². The molecule has 0 heterocycles. The molecule has 0 saturated heterocycles. The predicted octanol–water partition coefficient (Wildman–Crippen LogP) is -1.13. The standard InChI is InChI=1S/C14H14As2O6S2/c15-11-5-3-9(13(7-11)23(17,18)19)1-2-10-4-6-12(16)8-14(10)24(20,21)22/h1-8H,15-16H2,(H,17,18,19)(H,20,21,22)/b2-1+. The third-order valence-electron chi connectivity index (χ3n) is 3.07. The van der Waals surface area contributed by atoms with Gasteiger partial charge in [0.2, 0.25) is 0 Å². The van der Waals surface area contributed by atoms with E-state index < -0.39 is 20.2 Å². The summed E-state index contributed by atoms with van der Waals surface area (Å²) in [4.78, 5) is -0.519. The zero-order valence-electron chi connectivity index (χ0n) is 12.1. The van der Waals surface area contributed by atoms with Crippen molar-refractivity contribution in [3.63, 3.8) is 0 Å². The van der Waals surface area contributed by atoms with Crippen LogP contribution in [0.5, 0.6) is 0 Å². The maximum absolute atomic E-state index is 11.5. The quantitative estimate of drug-likeness (QED) is 0.318. The molecule has 2 aromatic carbocycles. The van der Waals surface area contributed by atoms with Crippen molar-refractivity contribution >= 4 is 74.8 Å². The zero-order chi connectivity index (χ0) is 18.1. The minimum atomic E-state index is -4.41. The van der Waals surface area contributed by atoms with Crippen LogP contribution in [0.1, 0.15) is 11.1 Å². The van der Waals surface area contributed by atoms with Crippen LogP contribution >= 0.6 is 0 Å². The number of hydrogen-bond donors (Lipinski definition) is 2. The van der Waals surface area contributed by atoms with Crippen LogP contribution in [0.25, 0.3) is 12.2 Å². The number of hydrogen-bond acceptors (Lipinski definition) is 4. The van der Waals surface area contributed by atoms with E-state index in [0.717, 1.165) is 0 Å². The Morgan fingerprint density at radius 2 is 1.04 bits per heavy atom.